The second-order valence-corrected chi connectivity index (χ2v) is 3.83. The molecule has 0 aliphatic heterocycles. The molecule has 14 heteroatoms. The van der Waals surface area contributed by atoms with Gasteiger partial charge in [-0.1, -0.05) is 0 Å². The fraction of sp³-hybridized carbons (Fsp3) is 0.556. The van der Waals surface area contributed by atoms with Crippen LogP contribution in [0.25, 0.3) is 0 Å². The second-order valence-electron chi connectivity index (χ2n) is 3.83. The Labute approximate surface area is 119 Å². The van der Waals surface area contributed by atoms with Gasteiger partial charge in [0.1, 0.15) is 0 Å². The molecule has 0 N–H and O–H groups in total. The highest BCUT2D eigenvalue weighted by Gasteiger charge is 2.69. The van der Waals surface area contributed by atoms with Gasteiger partial charge in [0.25, 0.3) is 0 Å². The van der Waals surface area contributed by atoms with Crippen molar-refractivity contribution in [2.24, 2.45) is 5.41 Å². The molecule has 0 unspecified atom stereocenters. The average molecular weight is 358 g/mol. The van der Waals surface area contributed by atoms with Gasteiger partial charge in [0.05, 0.1) is 11.9 Å². The van der Waals surface area contributed by atoms with Crippen molar-refractivity contribution in [1.29, 1.82) is 0 Å². The minimum atomic E-state index is -6.27. The van der Waals surface area contributed by atoms with Crippen LogP contribution in [0.5, 0.6) is 0 Å². The molecule has 0 aliphatic carbocycles. The summed E-state index contributed by atoms with van der Waals surface area (Å²) in [6.07, 6.45) is -10.3. The predicted molar refractivity (Wildman–Crippen MR) is 44.4 cm³/mol. The molecule has 0 atom stereocenters. The Morgan fingerprint density at radius 3 is 1.00 bits per heavy atom. The van der Waals surface area contributed by atoms with Crippen molar-refractivity contribution < 1.29 is 64.5 Å². The van der Waals surface area contributed by atoms with Gasteiger partial charge in [0.15, 0.2) is 5.41 Å². The lowest BCUT2D eigenvalue weighted by Crippen LogP contribution is -2.70. The number of carbonyl (C=O) groups is 4. The van der Waals surface area contributed by atoms with Gasteiger partial charge >= 0.3 is 24.7 Å². The van der Waals surface area contributed by atoms with E-state index >= 15 is 0 Å². The monoisotopic (exact) mass is 358 g/mol. The number of carboxylic acid groups (broad SMARTS) is 2. The molecule has 0 aromatic heterocycles. The second kappa shape index (κ2) is 6.08. The Balaban J connectivity index is 6.63. The van der Waals surface area contributed by atoms with Crippen molar-refractivity contribution in [3.63, 3.8) is 0 Å². The van der Waals surface area contributed by atoms with E-state index in [0.717, 1.165) is 0 Å². The van der Waals surface area contributed by atoms with Crippen LogP contribution in [0.3, 0.4) is 0 Å². The number of ketones is 2. The molecule has 0 fully saturated rings. The largest absolute Gasteiger partial charge is 0.548 e. The number of Topliss-reactive ketones (excluding diaryl/α,β-unsaturated/α-hetero) is 2. The third kappa shape index (κ3) is 2.96. The smallest absolute Gasteiger partial charge is 0.366 e. The third-order valence-corrected chi connectivity index (χ3v) is 2.45. The molecule has 132 valence electrons. The van der Waals surface area contributed by atoms with E-state index in [0.29, 0.717) is 0 Å². The van der Waals surface area contributed by atoms with E-state index in [1.54, 1.807) is 0 Å². The molecule has 0 aromatic carbocycles. The van der Waals surface area contributed by atoms with Gasteiger partial charge in [-0.2, -0.15) is 17.6 Å². The average Bonchev–Trinajstić information content (AvgIpc) is 2.37. The van der Waals surface area contributed by atoms with Crippen LogP contribution < -0.4 is 10.2 Å². The molecule has 0 heterocycles. The molecule has 0 saturated carbocycles. The maximum absolute atomic E-state index is 12.8. The summed E-state index contributed by atoms with van der Waals surface area (Å²) in [5.41, 5.74) is -5.78. The molecule has 0 saturated heterocycles. The van der Waals surface area contributed by atoms with Gasteiger partial charge in [-0.15, -0.1) is 0 Å². The van der Waals surface area contributed by atoms with E-state index in [2.05, 4.69) is 0 Å². The Kier molecular flexibility index (Phi) is 5.48. The summed E-state index contributed by atoms with van der Waals surface area (Å²) in [7, 11) is 0. The molecule has 0 aliphatic rings. The van der Waals surface area contributed by atoms with Crippen molar-refractivity contribution in [3.05, 3.63) is 0 Å². The lowest BCUT2D eigenvalue weighted by Gasteiger charge is -2.36. The highest BCUT2D eigenvalue weighted by Crippen LogP contribution is 2.39. The van der Waals surface area contributed by atoms with Crippen LogP contribution in [0.1, 0.15) is 0 Å². The fourth-order valence-corrected chi connectivity index (χ4v) is 1.26. The summed E-state index contributed by atoms with van der Waals surface area (Å²) in [4.78, 5) is 43.2. The van der Waals surface area contributed by atoms with Crippen molar-refractivity contribution in [2.45, 2.75) is 24.7 Å². The van der Waals surface area contributed by atoms with Gasteiger partial charge in [-0.25, -0.2) is 17.6 Å². The Bertz CT molecular complexity index is 494. The van der Waals surface area contributed by atoms with Gasteiger partial charge in [-0.05, 0) is 0 Å². The molecule has 0 bridgehead atoms. The number of aliphatic carboxylic acids is 2. The van der Waals surface area contributed by atoms with E-state index < -0.39 is 53.6 Å². The molecule has 6 nitrogen and oxygen atoms in total. The topological polar surface area (TPSA) is 114 Å². The maximum atomic E-state index is 12.8. The summed E-state index contributed by atoms with van der Waals surface area (Å²) in [5, 5.41) is 21.1. The molecule has 0 aromatic rings. The standard InChI is InChI=1S/C9H4F8O6/c10-3(11)8(14,15)1(18)7(5(20)21,6(22)23)2(19)9(16,17)4(12)13/h3-4H,(H,20,21)(H,22,23)/p-2. The Morgan fingerprint density at radius 1 is 0.652 bits per heavy atom. The minimum absolute atomic E-state index is 3.87. The van der Waals surface area contributed by atoms with Gasteiger partial charge in [-0.3, -0.25) is 9.59 Å². The van der Waals surface area contributed by atoms with Gasteiger partial charge < -0.3 is 19.8 Å². The SMILES string of the molecule is O=C([O-])C(C(=O)[O-])(C(=O)C(F)(F)C(F)F)C(=O)C(F)(F)C(F)F. The summed E-state index contributed by atoms with van der Waals surface area (Å²) in [5.74, 6) is -28.5. The quantitative estimate of drug-likeness (QED) is 0.382. The number of halogens is 8. The van der Waals surface area contributed by atoms with E-state index in [1.165, 1.54) is 0 Å². The van der Waals surface area contributed by atoms with Crippen molar-refractivity contribution in [1.82, 2.24) is 0 Å². The number of hydrogen-bond donors (Lipinski definition) is 0. The highest BCUT2D eigenvalue weighted by atomic mass is 19.3. The highest BCUT2D eigenvalue weighted by molar-refractivity contribution is 6.37. The van der Waals surface area contributed by atoms with Gasteiger partial charge in [0.2, 0.25) is 11.6 Å². The first-order chi connectivity index (χ1) is 10.1. The summed E-state index contributed by atoms with van der Waals surface area (Å²) >= 11 is 0. The van der Waals surface area contributed by atoms with E-state index in [1.807, 2.05) is 0 Å². The number of hydrogen-bond acceptors (Lipinski definition) is 6. The van der Waals surface area contributed by atoms with E-state index in [9.17, 15) is 64.5 Å². The first-order valence-corrected chi connectivity index (χ1v) is 4.93. The van der Waals surface area contributed by atoms with Crippen molar-refractivity contribution >= 4 is 23.5 Å². The third-order valence-electron chi connectivity index (χ3n) is 2.45. The zero-order valence-electron chi connectivity index (χ0n) is 10.1. The van der Waals surface area contributed by atoms with Crippen LogP contribution >= 0.6 is 0 Å². The number of carboxylic acids is 2. The molecular weight excluding hydrogens is 356 g/mol. The van der Waals surface area contributed by atoms with E-state index in [-0.39, 0.29) is 0 Å². The molecule has 0 spiro atoms. The minimum Gasteiger partial charge on any atom is -0.548 e. The van der Waals surface area contributed by atoms with Gasteiger partial charge in [0, 0.05) is 0 Å². The first kappa shape index (κ1) is 20.7. The molecule has 0 rings (SSSR count). The normalized spacial score (nSPS) is 13.3. The lowest BCUT2D eigenvalue weighted by atomic mass is 9.74. The van der Waals surface area contributed by atoms with Crippen molar-refractivity contribution in [2.75, 3.05) is 0 Å². The van der Waals surface area contributed by atoms with E-state index in [4.69, 9.17) is 0 Å². The first-order valence-electron chi connectivity index (χ1n) is 4.93. The molecule has 0 radical (unpaired) electrons. The fourth-order valence-electron chi connectivity index (χ4n) is 1.26. The van der Waals surface area contributed by atoms with Crippen LogP contribution in [0.15, 0.2) is 0 Å². The number of carbonyl (C=O) groups excluding carboxylic acids is 4. The van der Waals surface area contributed by atoms with Crippen LogP contribution in [0.4, 0.5) is 35.1 Å². The number of alkyl halides is 8. The predicted octanol–water partition coefficient (Wildman–Crippen LogP) is -1.59. The molecular formula is C9H2F8O6-2. The van der Waals surface area contributed by atoms with Crippen LogP contribution in [0, 0.1) is 5.41 Å². The maximum Gasteiger partial charge on any atom is 0.366 e. The molecule has 0 amide bonds. The Morgan fingerprint density at radius 2 is 0.870 bits per heavy atom. The van der Waals surface area contributed by atoms with Crippen molar-refractivity contribution in [3.8, 4) is 0 Å². The zero-order chi connectivity index (χ0) is 19.0. The van der Waals surface area contributed by atoms with Crippen LogP contribution in [-0.4, -0.2) is 48.2 Å². The van der Waals surface area contributed by atoms with Crippen LogP contribution in [0.2, 0.25) is 0 Å². The lowest BCUT2D eigenvalue weighted by molar-refractivity contribution is -0.338. The Hall–Kier alpha value is -2.28. The summed E-state index contributed by atoms with van der Waals surface area (Å²) in [6.45, 7) is 0. The zero-order valence-corrected chi connectivity index (χ0v) is 10.1. The molecule has 23 heavy (non-hydrogen) atoms. The number of rotatable bonds is 8. The summed E-state index contributed by atoms with van der Waals surface area (Å²) < 4.78 is 99.3. The summed E-state index contributed by atoms with van der Waals surface area (Å²) in [6, 6.07) is 0. The van der Waals surface area contributed by atoms with Crippen LogP contribution in [-0.2, 0) is 19.2 Å².